The minimum absolute atomic E-state index is 0.0954. The fourth-order valence-electron chi connectivity index (χ4n) is 3.42. The number of aliphatic hydroxyl groups is 1. The minimum atomic E-state index is -1.55. The Morgan fingerprint density at radius 1 is 1.33 bits per heavy atom. The topological polar surface area (TPSA) is 129 Å². The van der Waals surface area contributed by atoms with Gasteiger partial charge in [-0.25, -0.2) is 14.2 Å². The maximum Gasteiger partial charge on any atom is 0.353 e. The maximum atomic E-state index is 13.3. The van der Waals surface area contributed by atoms with E-state index < -0.39 is 28.7 Å². The van der Waals surface area contributed by atoms with E-state index in [1.54, 1.807) is 6.07 Å². The van der Waals surface area contributed by atoms with Gasteiger partial charge in [-0.3, -0.25) is 4.79 Å². The number of halogens is 1. The molecule has 1 aliphatic rings. The Bertz CT molecular complexity index is 961. The largest absolute Gasteiger partial charge is 0.477 e. The first-order valence-electron chi connectivity index (χ1n) is 8.34. The molecule has 0 unspecified atom stereocenters. The van der Waals surface area contributed by atoms with Gasteiger partial charge in [0.2, 0.25) is 5.91 Å². The lowest BCUT2D eigenvalue weighted by Crippen LogP contribution is -2.51. The highest BCUT2D eigenvalue weighted by Gasteiger charge is 2.50. The van der Waals surface area contributed by atoms with Gasteiger partial charge in [-0.05, 0) is 37.5 Å². The van der Waals surface area contributed by atoms with Crippen LogP contribution >= 0.6 is 0 Å². The molecule has 0 bridgehead atoms. The molecule has 27 heavy (non-hydrogen) atoms. The number of aromatic nitrogens is 2. The highest BCUT2D eigenvalue weighted by Crippen LogP contribution is 2.42. The number of carboxylic acids is 1. The number of rotatable bonds is 3. The van der Waals surface area contributed by atoms with Crippen molar-refractivity contribution in [3.8, 4) is 11.8 Å². The number of amides is 1. The smallest absolute Gasteiger partial charge is 0.353 e. The molecule has 8 heteroatoms. The Kier molecular flexibility index (Phi) is 4.72. The monoisotopic (exact) mass is 371 g/mol. The summed E-state index contributed by atoms with van der Waals surface area (Å²) in [7, 11) is 0. The molecular weight excluding hydrogens is 353 g/mol. The summed E-state index contributed by atoms with van der Waals surface area (Å²) in [5.74, 6) is 3.17. The van der Waals surface area contributed by atoms with Crippen molar-refractivity contribution in [2.24, 2.45) is 5.73 Å². The lowest BCUT2D eigenvalue weighted by molar-refractivity contribution is -0.128. The molecule has 0 aliphatic heterocycles. The van der Waals surface area contributed by atoms with E-state index in [0.717, 1.165) is 6.20 Å². The molecule has 0 spiro atoms. The number of nitrogens with two attached hydrogens (primary N) is 1. The predicted molar refractivity (Wildman–Crippen MR) is 93.1 cm³/mol. The standard InChI is InChI=1S/C19H18FN3O4/c20-13-4-1-3-12(9-13)5-8-18(27)6-2-7-19(11-18,16(21)26)17-22-10-14(23-17)15(24)25/h1,3-4,9-10,27H,2,6-7,11H2,(H2,21,26)(H,22,23)(H,24,25)/t18-,19-/m0/s1. The number of nitrogens with one attached hydrogen (secondary N) is 1. The first kappa shape index (κ1) is 18.6. The second-order valence-electron chi connectivity index (χ2n) is 6.72. The van der Waals surface area contributed by atoms with Crippen LogP contribution in [0.25, 0.3) is 0 Å². The number of aromatic carboxylic acids is 1. The van der Waals surface area contributed by atoms with Crippen LogP contribution in [0.5, 0.6) is 0 Å². The molecule has 2 atom stereocenters. The SMILES string of the molecule is NC(=O)[C@]1(c2ncc(C(=O)O)[nH]2)CCC[C@](O)(C#Cc2cccc(F)c2)C1. The zero-order chi connectivity index (χ0) is 19.7. The Morgan fingerprint density at radius 2 is 2.11 bits per heavy atom. The summed E-state index contributed by atoms with van der Waals surface area (Å²) in [4.78, 5) is 30.0. The normalized spacial score (nSPS) is 24.7. The van der Waals surface area contributed by atoms with Crippen LogP contribution in [0.15, 0.2) is 30.5 Å². The van der Waals surface area contributed by atoms with E-state index in [1.165, 1.54) is 18.2 Å². The third-order valence-electron chi connectivity index (χ3n) is 4.78. The van der Waals surface area contributed by atoms with Gasteiger partial charge < -0.3 is 20.9 Å². The number of hydrogen-bond acceptors (Lipinski definition) is 4. The maximum absolute atomic E-state index is 13.3. The van der Waals surface area contributed by atoms with Crippen molar-refractivity contribution in [1.29, 1.82) is 0 Å². The van der Waals surface area contributed by atoms with Gasteiger partial charge in [-0.1, -0.05) is 17.9 Å². The Hall–Kier alpha value is -3.18. The van der Waals surface area contributed by atoms with E-state index in [2.05, 4.69) is 21.8 Å². The molecular formula is C19H18FN3O4. The lowest BCUT2D eigenvalue weighted by atomic mass is 9.66. The zero-order valence-electron chi connectivity index (χ0n) is 14.3. The molecule has 5 N–H and O–H groups in total. The first-order chi connectivity index (χ1) is 12.7. The van der Waals surface area contributed by atoms with Crippen molar-refractivity contribution in [1.82, 2.24) is 9.97 Å². The fourth-order valence-corrected chi connectivity index (χ4v) is 3.42. The lowest BCUT2D eigenvalue weighted by Gasteiger charge is -2.39. The number of H-pyrrole nitrogens is 1. The molecule has 0 saturated heterocycles. The third-order valence-corrected chi connectivity index (χ3v) is 4.78. The number of hydrogen-bond donors (Lipinski definition) is 4. The van der Waals surface area contributed by atoms with E-state index >= 15 is 0 Å². The van der Waals surface area contributed by atoms with Crippen LogP contribution in [0.4, 0.5) is 4.39 Å². The molecule has 140 valence electrons. The second-order valence-corrected chi connectivity index (χ2v) is 6.72. The van der Waals surface area contributed by atoms with E-state index in [1.807, 2.05) is 0 Å². The molecule has 1 aromatic heterocycles. The average Bonchev–Trinajstić information content (AvgIpc) is 3.11. The quantitative estimate of drug-likeness (QED) is 0.605. The molecule has 1 aliphatic carbocycles. The van der Waals surface area contributed by atoms with Crippen molar-refractivity contribution in [2.75, 3.05) is 0 Å². The molecule has 1 amide bonds. The highest BCUT2D eigenvalue weighted by atomic mass is 19.1. The zero-order valence-corrected chi connectivity index (χ0v) is 14.3. The van der Waals surface area contributed by atoms with Gasteiger partial charge in [0.15, 0.2) is 0 Å². The van der Waals surface area contributed by atoms with Gasteiger partial charge in [0.1, 0.15) is 28.4 Å². The third kappa shape index (κ3) is 3.68. The molecule has 1 heterocycles. The number of primary amides is 1. The second kappa shape index (κ2) is 6.85. The summed E-state index contributed by atoms with van der Waals surface area (Å²) < 4.78 is 13.3. The Labute approximate surface area is 154 Å². The summed E-state index contributed by atoms with van der Waals surface area (Å²) in [6, 6.07) is 5.64. The first-order valence-corrected chi connectivity index (χ1v) is 8.34. The van der Waals surface area contributed by atoms with Gasteiger partial charge in [0.25, 0.3) is 0 Å². The van der Waals surface area contributed by atoms with E-state index in [4.69, 9.17) is 10.8 Å². The number of nitrogens with zero attached hydrogens (tertiary/aromatic N) is 1. The van der Waals surface area contributed by atoms with Crippen LogP contribution in [0, 0.1) is 17.7 Å². The summed E-state index contributed by atoms with van der Waals surface area (Å²) in [6.45, 7) is 0. The number of carbonyl (C=O) groups excluding carboxylic acids is 1. The average molecular weight is 371 g/mol. The molecule has 1 aromatic carbocycles. The van der Waals surface area contributed by atoms with Gasteiger partial charge in [0.05, 0.1) is 6.20 Å². The molecule has 1 fully saturated rings. The molecule has 2 aromatic rings. The van der Waals surface area contributed by atoms with Crippen LogP contribution in [0.3, 0.4) is 0 Å². The number of carboxylic acid groups (broad SMARTS) is 1. The van der Waals surface area contributed by atoms with Crippen molar-refractivity contribution < 1.29 is 24.2 Å². The van der Waals surface area contributed by atoms with Gasteiger partial charge in [-0.2, -0.15) is 0 Å². The van der Waals surface area contributed by atoms with Crippen molar-refractivity contribution in [2.45, 2.75) is 36.7 Å². The van der Waals surface area contributed by atoms with Crippen LogP contribution in [-0.4, -0.2) is 37.7 Å². The summed E-state index contributed by atoms with van der Waals surface area (Å²) in [5, 5.41) is 20.0. The van der Waals surface area contributed by atoms with Gasteiger partial charge in [0, 0.05) is 12.0 Å². The molecule has 7 nitrogen and oxygen atoms in total. The number of carbonyl (C=O) groups is 2. The van der Waals surface area contributed by atoms with Gasteiger partial charge in [-0.15, -0.1) is 0 Å². The number of aromatic amines is 1. The number of imidazole rings is 1. The molecule has 0 radical (unpaired) electrons. The minimum Gasteiger partial charge on any atom is -0.477 e. The van der Waals surface area contributed by atoms with Crippen molar-refractivity contribution in [3.63, 3.8) is 0 Å². The van der Waals surface area contributed by atoms with Crippen LogP contribution in [0.1, 0.15) is 47.6 Å². The van der Waals surface area contributed by atoms with Crippen LogP contribution in [0.2, 0.25) is 0 Å². The van der Waals surface area contributed by atoms with Crippen molar-refractivity contribution in [3.05, 3.63) is 53.4 Å². The van der Waals surface area contributed by atoms with E-state index in [9.17, 15) is 19.1 Å². The Morgan fingerprint density at radius 3 is 2.74 bits per heavy atom. The molecule has 1 saturated carbocycles. The highest BCUT2D eigenvalue weighted by molar-refractivity contribution is 5.88. The van der Waals surface area contributed by atoms with Crippen LogP contribution < -0.4 is 5.73 Å². The van der Waals surface area contributed by atoms with E-state index in [-0.39, 0.29) is 17.9 Å². The summed E-state index contributed by atoms with van der Waals surface area (Å²) in [6.07, 6.45) is 2.01. The summed E-state index contributed by atoms with van der Waals surface area (Å²) >= 11 is 0. The fraction of sp³-hybridized carbons (Fsp3) is 0.316. The van der Waals surface area contributed by atoms with Crippen LogP contribution in [-0.2, 0) is 10.2 Å². The molecule has 3 rings (SSSR count). The summed E-state index contributed by atoms with van der Waals surface area (Å²) in [5.41, 5.74) is 2.92. The van der Waals surface area contributed by atoms with Crippen molar-refractivity contribution >= 4 is 11.9 Å². The Balaban J connectivity index is 1.96. The predicted octanol–water partition coefficient (Wildman–Crippen LogP) is 1.33. The van der Waals surface area contributed by atoms with E-state index in [0.29, 0.717) is 24.8 Å². The van der Waals surface area contributed by atoms with Gasteiger partial charge >= 0.3 is 5.97 Å². The number of benzene rings is 1.